The molecule has 0 aromatic heterocycles. The van der Waals surface area contributed by atoms with E-state index < -0.39 is 129 Å². The molecule has 0 bridgehead atoms. The Labute approximate surface area is 391 Å². The highest BCUT2D eigenvalue weighted by atomic mass is 16.7. The van der Waals surface area contributed by atoms with Crippen molar-refractivity contribution in [3.05, 3.63) is 0 Å². The van der Waals surface area contributed by atoms with Crippen LogP contribution in [-0.2, 0) is 57.0 Å². The van der Waals surface area contributed by atoms with Gasteiger partial charge in [-0.25, -0.2) is 0 Å². The molecule has 0 aliphatic carbocycles. The summed E-state index contributed by atoms with van der Waals surface area (Å²) >= 11 is 0. The number of ether oxygens (including phenoxy) is 9. The molecule has 3 aliphatic rings. The molecule has 3 rings (SSSR count). The van der Waals surface area contributed by atoms with Crippen molar-refractivity contribution in [1.29, 1.82) is 0 Å². The van der Waals surface area contributed by atoms with Crippen molar-refractivity contribution in [1.82, 2.24) is 16.0 Å². The van der Waals surface area contributed by atoms with Crippen LogP contribution in [0, 0.1) is 0 Å². The van der Waals surface area contributed by atoms with Crippen LogP contribution in [0.3, 0.4) is 0 Å². The zero-order valence-electron chi connectivity index (χ0n) is 39.0. The van der Waals surface area contributed by atoms with E-state index in [0.717, 1.165) is 19.3 Å². The standard InChI is InChI=1S/C43H79N3O21/c1-25(50)44-32-38(56)35(53)29(21-47)65-41(32)62-17-10-4-7-14-59-20-13-28(61-16-9-6-12-19-64-43-34(46-27(3)52)40(58)37(55)31(23-49)67-43)24-60-15-8-5-11-18-63-42-33(45-26(2)51)39(57)36(54)30(22-48)66-42/h28-43,47-49,53-58H,4-24H2,1-3H3,(H,44,50)(H,45,51)(H,46,52)/t28?,29?,30?,31?,32?,33?,34?,35-,36-,37-,38?,39?,40?,41+,42+,43+/m0/s1. The van der Waals surface area contributed by atoms with Crippen molar-refractivity contribution in [2.24, 2.45) is 0 Å². The van der Waals surface area contributed by atoms with Crippen molar-refractivity contribution in [3.63, 3.8) is 0 Å². The molecule has 3 aliphatic heterocycles. The predicted molar refractivity (Wildman–Crippen MR) is 231 cm³/mol. The molecular formula is C43H79N3O21. The van der Waals surface area contributed by atoms with Gasteiger partial charge in [0.25, 0.3) is 0 Å². The molecule has 24 nitrogen and oxygen atoms in total. The van der Waals surface area contributed by atoms with Gasteiger partial charge in [-0.1, -0.05) is 0 Å². The first-order valence-electron chi connectivity index (χ1n) is 23.4. The van der Waals surface area contributed by atoms with Crippen molar-refractivity contribution in [2.75, 3.05) is 72.7 Å². The lowest BCUT2D eigenvalue weighted by Gasteiger charge is -2.42. The van der Waals surface area contributed by atoms with Gasteiger partial charge in [0.15, 0.2) is 18.9 Å². The maximum atomic E-state index is 11.7. The molecule has 3 saturated heterocycles. The maximum Gasteiger partial charge on any atom is 0.217 e. The number of nitrogens with one attached hydrogen (secondary N) is 3. The molecule has 67 heavy (non-hydrogen) atoms. The zero-order valence-corrected chi connectivity index (χ0v) is 39.0. The SMILES string of the molecule is CC(=O)NC1C(O)[C@@H](O)C(CO)O[C@H]1OCCCCCOCCC(COCCCCCO[C@@H]1OC(CO)[C@H](O)C(O)C1NC(C)=O)OCCCCCO[C@@H]1OC(CO)[C@H](O)C(O)C1NC(C)=O. The normalized spacial score (nSPS) is 32.7. The van der Waals surface area contributed by atoms with Crippen LogP contribution in [0.4, 0.5) is 0 Å². The van der Waals surface area contributed by atoms with Crippen molar-refractivity contribution in [3.8, 4) is 0 Å². The van der Waals surface area contributed by atoms with E-state index in [2.05, 4.69) is 16.0 Å². The molecule has 0 spiro atoms. The van der Waals surface area contributed by atoms with Gasteiger partial charge in [-0.3, -0.25) is 14.4 Å². The van der Waals surface area contributed by atoms with E-state index >= 15 is 0 Å². The second kappa shape index (κ2) is 32.6. The Morgan fingerprint density at radius 1 is 0.448 bits per heavy atom. The Balaban J connectivity index is 1.39. The summed E-state index contributed by atoms with van der Waals surface area (Å²) < 4.78 is 52.2. The molecular weight excluding hydrogens is 894 g/mol. The smallest absolute Gasteiger partial charge is 0.217 e. The number of hydrogen-bond acceptors (Lipinski definition) is 21. The molecule has 0 aromatic carbocycles. The predicted octanol–water partition coefficient (Wildman–Crippen LogP) is -3.81. The first-order valence-corrected chi connectivity index (χ1v) is 23.4. The van der Waals surface area contributed by atoms with Crippen molar-refractivity contribution >= 4 is 17.7 Å². The highest BCUT2D eigenvalue weighted by Crippen LogP contribution is 2.25. The summed E-state index contributed by atoms with van der Waals surface area (Å²) in [5, 5.41) is 98.3. The molecule has 0 radical (unpaired) electrons. The fraction of sp³-hybridized carbons (Fsp3) is 0.930. The number of carbonyl (C=O) groups is 3. The Kier molecular flexibility index (Phi) is 28.7. The van der Waals surface area contributed by atoms with Crippen LogP contribution in [-0.4, -0.2) is 234 Å². The molecule has 16 atom stereocenters. The van der Waals surface area contributed by atoms with E-state index in [1.54, 1.807) is 0 Å². The molecule has 0 saturated carbocycles. The number of aliphatic hydroxyl groups is 9. The van der Waals surface area contributed by atoms with E-state index in [9.17, 15) is 60.3 Å². The first-order chi connectivity index (χ1) is 32.1. The summed E-state index contributed by atoms with van der Waals surface area (Å²) in [6, 6.07) is -3.03. The second-order valence-electron chi connectivity index (χ2n) is 17.1. The maximum absolute atomic E-state index is 11.7. The Morgan fingerprint density at radius 2 is 0.776 bits per heavy atom. The molecule has 24 heteroatoms. The monoisotopic (exact) mass is 974 g/mol. The van der Waals surface area contributed by atoms with E-state index in [1.165, 1.54) is 20.8 Å². The highest BCUT2D eigenvalue weighted by Gasteiger charge is 2.47. The van der Waals surface area contributed by atoms with Gasteiger partial charge in [-0.15, -0.1) is 0 Å². The van der Waals surface area contributed by atoms with Crippen LogP contribution < -0.4 is 16.0 Å². The lowest BCUT2D eigenvalue weighted by Crippen LogP contribution is -2.64. The van der Waals surface area contributed by atoms with Gasteiger partial charge in [0.1, 0.15) is 73.1 Å². The summed E-state index contributed by atoms with van der Waals surface area (Å²) in [6.07, 6.45) is -8.33. The summed E-state index contributed by atoms with van der Waals surface area (Å²) in [5.74, 6) is -1.31. The molecule has 3 fully saturated rings. The van der Waals surface area contributed by atoms with Crippen LogP contribution in [0.1, 0.15) is 85.0 Å². The third-order valence-corrected chi connectivity index (χ3v) is 11.5. The average molecular weight is 974 g/mol. The minimum atomic E-state index is -1.40. The second-order valence-corrected chi connectivity index (χ2v) is 17.1. The highest BCUT2D eigenvalue weighted by molar-refractivity contribution is 5.74. The van der Waals surface area contributed by atoms with E-state index in [1.807, 2.05) is 0 Å². The summed E-state index contributed by atoms with van der Waals surface area (Å²) in [4.78, 5) is 35.1. The molecule has 12 N–H and O–H groups in total. The molecule has 392 valence electrons. The van der Waals surface area contributed by atoms with Gasteiger partial charge < -0.3 is 105 Å². The van der Waals surface area contributed by atoms with Gasteiger partial charge in [0.05, 0.1) is 32.5 Å². The van der Waals surface area contributed by atoms with Gasteiger partial charge in [0.2, 0.25) is 17.7 Å². The van der Waals surface area contributed by atoms with E-state index in [-0.39, 0.29) is 25.9 Å². The zero-order chi connectivity index (χ0) is 49.3. The molecule has 3 amide bonds. The lowest BCUT2D eigenvalue weighted by molar-refractivity contribution is -0.270. The van der Waals surface area contributed by atoms with Crippen LogP contribution in [0.2, 0.25) is 0 Å². The fourth-order valence-electron chi connectivity index (χ4n) is 7.78. The Hall–Kier alpha value is -2.31. The van der Waals surface area contributed by atoms with Gasteiger partial charge >= 0.3 is 0 Å². The topological polar surface area (TPSA) is 352 Å². The fourth-order valence-corrected chi connectivity index (χ4v) is 7.78. The summed E-state index contributed by atoms with van der Waals surface area (Å²) in [7, 11) is 0. The number of carbonyl (C=O) groups excluding carboxylic acids is 3. The van der Waals surface area contributed by atoms with E-state index in [0.29, 0.717) is 78.0 Å². The van der Waals surface area contributed by atoms with Crippen LogP contribution in [0.25, 0.3) is 0 Å². The number of amides is 3. The largest absolute Gasteiger partial charge is 0.394 e. The van der Waals surface area contributed by atoms with Gasteiger partial charge in [0, 0.05) is 67.0 Å². The number of unbranched alkanes of at least 4 members (excludes halogenated alkanes) is 6. The van der Waals surface area contributed by atoms with Gasteiger partial charge in [-0.05, 0) is 64.2 Å². The number of rotatable bonds is 33. The summed E-state index contributed by atoms with van der Waals surface area (Å²) in [6.45, 7) is 4.96. The van der Waals surface area contributed by atoms with Crippen LogP contribution in [0.5, 0.6) is 0 Å². The third kappa shape index (κ3) is 20.5. The van der Waals surface area contributed by atoms with Crippen LogP contribution >= 0.6 is 0 Å². The van der Waals surface area contributed by atoms with E-state index in [4.69, 9.17) is 42.6 Å². The minimum Gasteiger partial charge on any atom is -0.394 e. The first kappa shape index (κ1) is 59.0. The number of aliphatic hydroxyl groups excluding tert-OH is 9. The molecule has 0 aromatic rings. The number of hydrogen-bond donors (Lipinski definition) is 12. The quantitative estimate of drug-likeness (QED) is 0.0281. The average Bonchev–Trinajstić information content (AvgIpc) is 3.29. The summed E-state index contributed by atoms with van der Waals surface area (Å²) in [5.41, 5.74) is 0. The Bertz CT molecular complexity index is 1380. The molecule has 10 unspecified atom stereocenters. The van der Waals surface area contributed by atoms with Gasteiger partial charge in [-0.2, -0.15) is 0 Å². The van der Waals surface area contributed by atoms with Crippen LogP contribution in [0.15, 0.2) is 0 Å². The Morgan fingerprint density at radius 3 is 1.12 bits per heavy atom. The minimum absolute atomic E-state index is 0.223. The molecule has 3 heterocycles. The lowest BCUT2D eigenvalue weighted by atomic mass is 9.97. The van der Waals surface area contributed by atoms with Crippen molar-refractivity contribution < 1.29 is 103 Å². The van der Waals surface area contributed by atoms with Crippen molar-refractivity contribution in [2.45, 2.75) is 183 Å². The third-order valence-electron chi connectivity index (χ3n) is 11.5.